The van der Waals surface area contributed by atoms with Gasteiger partial charge in [0.1, 0.15) is 18.1 Å². The highest BCUT2D eigenvalue weighted by molar-refractivity contribution is 5.94. The maximum atomic E-state index is 12.4. The summed E-state index contributed by atoms with van der Waals surface area (Å²) in [6, 6.07) is 18.9. The summed E-state index contributed by atoms with van der Waals surface area (Å²) < 4.78 is 11.2. The van der Waals surface area contributed by atoms with Crippen LogP contribution in [0.25, 0.3) is 0 Å². The van der Waals surface area contributed by atoms with Crippen LogP contribution in [0.1, 0.15) is 34.1 Å². The highest BCUT2D eigenvalue weighted by atomic mass is 16.5. The van der Waals surface area contributed by atoms with Gasteiger partial charge in [0.25, 0.3) is 5.91 Å². The lowest BCUT2D eigenvalue weighted by Crippen LogP contribution is -2.22. The molecule has 5 heteroatoms. The SMILES string of the molecule is CCOc1ccc(C(=O)NCc2ccc(OCc3ccccn3)cc2)cc1C. The molecule has 3 aromatic rings. The lowest BCUT2D eigenvalue weighted by atomic mass is 10.1. The second-order valence-corrected chi connectivity index (χ2v) is 6.35. The largest absolute Gasteiger partial charge is 0.494 e. The molecule has 0 aliphatic carbocycles. The molecule has 1 N–H and O–H groups in total. The van der Waals surface area contributed by atoms with Crippen molar-refractivity contribution >= 4 is 5.91 Å². The van der Waals surface area contributed by atoms with Crippen LogP contribution in [0.4, 0.5) is 0 Å². The summed E-state index contributed by atoms with van der Waals surface area (Å²) in [4.78, 5) is 16.6. The van der Waals surface area contributed by atoms with Crippen molar-refractivity contribution in [3.8, 4) is 11.5 Å². The third-order valence-electron chi connectivity index (χ3n) is 4.23. The van der Waals surface area contributed by atoms with Crippen LogP contribution in [-0.4, -0.2) is 17.5 Å². The van der Waals surface area contributed by atoms with Crippen LogP contribution in [0, 0.1) is 6.92 Å². The number of hydrogen-bond acceptors (Lipinski definition) is 4. The molecule has 1 aromatic heterocycles. The van der Waals surface area contributed by atoms with Gasteiger partial charge < -0.3 is 14.8 Å². The number of pyridine rings is 1. The van der Waals surface area contributed by atoms with Crippen molar-refractivity contribution < 1.29 is 14.3 Å². The minimum Gasteiger partial charge on any atom is -0.494 e. The van der Waals surface area contributed by atoms with Gasteiger partial charge in [-0.3, -0.25) is 9.78 Å². The highest BCUT2D eigenvalue weighted by Gasteiger charge is 2.08. The van der Waals surface area contributed by atoms with Crippen molar-refractivity contribution in [2.45, 2.75) is 27.0 Å². The van der Waals surface area contributed by atoms with E-state index in [0.29, 0.717) is 25.3 Å². The van der Waals surface area contributed by atoms with Crippen molar-refractivity contribution in [1.29, 1.82) is 0 Å². The zero-order valence-electron chi connectivity index (χ0n) is 16.1. The number of ether oxygens (including phenoxy) is 2. The molecule has 5 nitrogen and oxygen atoms in total. The number of carbonyl (C=O) groups is 1. The highest BCUT2D eigenvalue weighted by Crippen LogP contribution is 2.19. The van der Waals surface area contributed by atoms with Gasteiger partial charge in [-0.25, -0.2) is 0 Å². The van der Waals surface area contributed by atoms with E-state index in [1.165, 1.54) is 0 Å². The number of aryl methyl sites for hydroxylation is 1. The van der Waals surface area contributed by atoms with E-state index >= 15 is 0 Å². The van der Waals surface area contributed by atoms with E-state index in [0.717, 1.165) is 28.3 Å². The molecule has 0 saturated heterocycles. The van der Waals surface area contributed by atoms with Crippen LogP contribution in [0.2, 0.25) is 0 Å². The Balaban J connectivity index is 1.51. The number of nitrogens with one attached hydrogen (secondary N) is 1. The topological polar surface area (TPSA) is 60.5 Å². The van der Waals surface area contributed by atoms with Crippen LogP contribution in [0.15, 0.2) is 66.9 Å². The normalized spacial score (nSPS) is 10.4. The monoisotopic (exact) mass is 376 g/mol. The first-order chi connectivity index (χ1) is 13.7. The standard InChI is InChI=1S/C23H24N2O3/c1-3-27-22-12-9-19(14-17(22)2)23(26)25-15-18-7-10-21(11-8-18)28-16-20-6-4-5-13-24-20/h4-14H,3,15-16H2,1-2H3,(H,25,26). The van der Waals surface area contributed by atoms with E-state index in [4.69, 9.17) is 9.47 Å². The second kappa shape index (κ2) is 9.55. The molecule has 1 amide bonds. The Hall–Kier alpha value is -3.34. The summed E-state index contributed by atoms with van der Waals surface area (Å²) in [7, 11) is 0. The molecule has 0 atom stereocenters. The molecule has 1 heterocycles. The second-order valence-electron chi connectivity index (χ2n) is 6.35. The zero-order valence-corrected chi connectivity index (χ0v) is 16.1. The first kappa shape index (κ1) is 19.4. The van der Waals surface area contributed by atoms with E-state index < -0.39 is 0 Å². The molecule has 0 aliphatic rings. The van der Waals surface area contributed by atoms with Gasteiger partial charge in [0.15, 0.2) is 0 Å². The number of benzene rings is 2. The molecule has 28 heavy (non-hydrogen) atoms. The Morgan fingerprint density at radius 3 is 2.54 bits per heavy atom. The summed E-state index contributed by atoms with van der Waals surface area (Å²) in [6.07, 6.45) is 1.75. The molecule has 0 unspecified atom stereocenters. The number of rotatable bonds is 8. The number of nitrogens with zero attached hydrogens (tertiary/aromatic N) is 1. The van der Waals surface area contributed by atoms with Crippen LogP contribution < -0.4 is 14.8 Å². The molecule has 3 rings (SSSR count). The van der Waals surface area contributed by atoms with Crippen molar-refractivity contribution in [2.75, 3.05) is 6.61 Å². The maximum absolute atomic E-state index is 12.4. The first-order valence-electron chi connectivity index (χ1n) is 9.29. The van der Waals surface area contributed by atoms with Crippen molar-refractivity contribution in [1.82, 2.24) is 10.3 Å². The van der Waals surface area contributed by atoms with Gasteiger partial charge in [0.2, 0.25) is 0 Å². The van der Waals surface area contributed by atoms with Gasteiger partial charge in [0.05, 0.1) is 12.3 Å². The Morgan fingerprint density at radius 2 is 1.86 bits per heavy atom. The summed E-state index contributed by atoms with van der Waals surface area (Å²) in [5, 5.41) is 2.94. The fraction of sp³-hybridized carbons (Fsp3) is 0.217. The molecule has 0 radical (unpaired) electrons. The maximum Gasteiger partial charge on any atom is 0.251 e. The van der Waals surface area contributed by atoms with E-state index in [-0.39, 0.29) is 5.91 Å². The Labute approximate surface area is 165 Å². The van der Waals surface area contributed by atoms with Gasteiger partial charge in [-0.2, -0.15) is 0 Å². The summed E-state index contributed by atoms with van der Waals surface area (Å²) in [6.45, 7) is 5.36. The van der Waals surface area contributed by atoms with Gasteiger partial charge in [0, 0.05) is 18.3 Å². The molecule has 0 bridgehead atoms. The average molecular weight is 376 g/mol. The predicted molar refractivity (Wildman–Crippen MR) is 109 cm³/mol. The molecule has 0 saturated carbocycles. The van der Waals surface area contributed by atoms with E-state index in [1.54, 1.807) is 12.3 Å². The lowest BCUT2D eigenvalue weighted by molar-refractivity contribution is 0.0951. The molecular formula is C23H24N2O3. The van der Waals surface area contributed by atoms with Crippen LogP contribution in [0.5, 0.6) is 11.5 Å². The number of aromatic nitrogens is 1. The van der Waals surface area contributed by atoms with Crippen LogP contribution in [-0.2, 0) is 13.2 Å². The third-order valence-corrected chi connectivity index (χ3v) is 4.23. The molecular weight excluding hydrogens is 352 g/mol. The van der Waals surface area contributed by atoms with Gasteiger partial charge >= 0.3 is 0 Å². The summed E-state index contributed by atoms with van der Waals surface area (Å²) in [5.41, 5.74) is 3.45. The summed E-state index contributed by atoms with van der Waals surface area (Å²) in [5.74, 6) is 1.46. The van der Waals surface area contributed by atoms with Crippen LogP contribution in [0.3, 0.4) is 0 Å². The van der Waals surface area contributed by atoms with E-state index in [2.05, 4.69) is 10.3 Å². The third kappa shape index (κ3) is 5.33. The molecule has 0 spiro atoms. The van der Waals surface area contributed by atoms with Gasteiger partial charge in [-0.05, 0) is 67.4 Å². The zero-order chi connectivity index (χ0) is 19.8. The Bertz CT molecular complexity index is 909. The first-order valence-corrected chi connectivity index (χ1v) is 9.29. The van der Waals surface area contributed by atoms with Crippen LogP contribution >= 0.6 is 0 Å². The van der Waals surface area contributed by atoms with Crippen molar-refractivity contribution in [3.05, 3.63) is 89.2 Å². The molecule has 144 valence electrons. The lowest BCUT2D eigenvalue weighted by Gasteiger charge is -2.10. The van der Waals surface area contributed by atoms with Gasteiger partial charge in [-0.15, -0.1) is 0 Å². The number of hydrogen-bond donors (Lipinski definition) is 1. The van der Waals surface area contributed by atoms with Crippen molar-refractivity contribution in [2.24, 2.45) is 0 Å². The van der Waals surface area contributed by atoms with E-state index in [1.807, 2.05) is 68.4 Å². The van der Waals surface area contributed by atoms with Crippen molar-refractivity contribution in [3.63, 3.8) is 0 Å². The van der Waals surface area contributed by atoms with E-state index in [9.17, 15) is 4.79 Å². The quantitative estimate of drug-likeness (QED) is 0.637. The minimum atomic E-state index is -0.110. The minimum absolute atomic E-state index is 0.110. The fourth-order valence-corrected chi connectivity index (χ4v) is 2.74. The van der Waals surface area contributed by atoms with Gasteiger partial charge in [-0.1, -0.05) is 18.2 Å². The Morgan fingerprint density at radius 1 is 1.04 bits per heavy atom. The smallest absolute Gasteiger partial charge is 0.251 e. The predicted octanol–water partition coefficient (Wildman–Crippen LogP) is 4.30. The fourth-order valence-electron chi connectivity index (χ4n) is 2.74. The molecule has 0 aliphatic heterocycles. The summed E-state index contributed by atoms with van der Waals surface area (Å²) >= 11 is 0. The molecule has 2 aromatic carbocycles. The Kier molecular flexibility index (Phi) is 6.63. The average Bonchev–Trinajstić information content (AvgIpc) is 2.73. The number of carbonyl (C=O) groups excluding carboxylic acids is 1. The number of amides is 1. The molecule has 0 fully saturated rings.